The smallest absolute Gasteiger partial charge is 0.381 e. The van der Waals surface area contributed by atoms with Crippen LogP contribution in [0.3, 0.4) is 0 Å². The van der Waals surface area contributed by atoms with Crippen molar-refractivity contribution in [2.24, 2.45) is 5.92 Å². The number of aliphatic hydroxyl groups is 1. The van der Waals surface area contributed by atoms with Gasteiger partial charge in [-0.1, -0.05) is 52.5 Å². The molecule has 0 radical (unpaired) electrons. The van der Waals surface area contributed by atoms with Gasteiger partial charge in [0.05, 0.1) is 21.6 Å². The summed E-state index contributed by atoms with van der Waals surface area (Å²) in [5.74, 6) is 0.00318. The molecule has 0 saturated heterocycles. The first kappa shape index (κ1) is 24.3. The van der Waals surface area contributed by atoms with E-state index in [0.717, 1.165) is 25.0 Å². The minimum absolute atomic E-state index is 0.0474. The van der Waals surface area contributed by atoms with Crippen molar-refractivity contribution in [1.82, 2.24) is 5.32 Å². The lowest BCUT2D eigenvalue weighted by Crippen LogP contribution is -2.47. The van der Waals surface area contributed by atoms with Gasteiger partial charge in [-0.2, -0.15) is 13.2 Å². The van der Waals surface area contributed by atoms with E-state index in [0.29, 0.717) is 5.56 Å². The van der Waals surface area contributed by atoms with Crippen molar-refractivity contribution in [3.8, 4) is 0 Å². The Hall–Kier alpha value is -1.38. The predicted molar refractivity (Wildman–Crippen MR) is 116 cm³/mol. The van der Waals surface area contributed by atoms with E-state index in [1.165, 1.54) is 12.1 Å². The number of amides is 1. The zero-order valence-corrected chi connectivity index (χ0v) is 18.8. The summed E-state index contributed by atoms with van der Waals surface area (Å²) < 4.78 is 41.3. The Bertz CT molecular complexity index is 976. The third-order valence-corrected chi connectivity index (χ3v) is 6.48. The number of alkyl halides is 3. The molecule has 31 heavy (non-hydrogen) atoms. The Kier molecular flexibility index (Phi) is 7.23. The molecule has 1 fully saturated rings. The molecule has 3 rings (SSSR count). The SMILES string of the molecule is O=C(NCc1ccc(NC[C@@](O)(c2cc(Cl)c(Cl)c(Cl)c2)C(F)(F)F)cc1Cl)C1CC1. The molecule has 0 unspecified atom stereocenters. The van der Waals surface area contributed by atoms with Crippen LogP contribution in [0.5, 0.6) is 0 Å². The molecule has 4 nitrogen and oxygen atoms in total. The second-order valence-corrected chi connectivity index (χ2v) is 8.86. The van der Waals surface area contributed by atoms with Gasteiger partial charge in [-0.15, -0.1) is 0 Å². The minimum atomic E-state index is -5.04. The lowest BCUT2D eigenvalue weighted by Gasteiger charge is -2.32. The van der Waals surface area contributed by atoms with Crippen molar-refractivity contribution in [2.75, 3.05) is 11.9 Å². The molecule has 0 spiro atoms. The Balaban J connectivity index is 1.76. The van der Waals surface area contributed by atoms with Gasteiger partial charge in [0.15, 0.2) is 0 Å². The van der Waals surface area contributed by atoms with E-state index in [9.17, 15) is 23.1 Å². The fourth-order valence-electron chi connectivity index (χ4n) is 2.86. The normalized spacial score (nSPS) is 16.0. The molecular formula is C20H17Cl4F3N2O2. The molecule has 2 aromatic rings. The molecule has 1 saturated carbocycles. The van der Waals surface area contributed by atoms with E-state index >= 15 is 0 Å². The first-order chi connectivity index (χ1) is 14.4. The summed E-state index contributed by atoms with van der Waals surface area (Å²) >= 11 is 23.7. The number of hydrogen-bond donors (Lipinski definition) is 3. The zero-order valence-electron chi connectivity index (χ0n) is 15.8. The summed E-state index contributed by atoms with van der Waals surface area (Å²) in [4.78, 5) is 11.7. The van der Waals surface area contributed by atoms with Crippen LogP contribution in [-0.2, 0) is 16.9 Å². The average molecular weight is 516 g/mol. The number of anilines is 1. The van der Waals surface area contributed by atoms with Crippen LogP contribution in [-0.4, -0.2) is 23.7 Å². The van der Waals surface area contributed by atoms with Crippen LogP contribution in [0.15, 0.2) is 30.3 Å². The molecule has 2 aromatic carbocycles. The van der Waals surface area contributed by atoms with Gasteiger partial charge in [0, 0.05) is 23.2 Å². The molecule has 0 aromatic heterocycles. The summed E-state index contributed by atoms with van der Waals surface area (Å²) in [5, 5.41) is 15.5. The highest BCUT2D eigenvalue weighted by molar-refractivity contribution is 6.48. The largest absolute Gasteiger partial charge is 0.423 e. The second-order valence-electron chi connectivity index (χ2n) is 7.26. The summed E-state index contributed by atoms with van der Waals surface area (Å²) in [6.45, 7) is -0.721. The first-order valence-electron chi connectivity index (χ1n) is 9.16. The van der Waals surface area contributed by atoms with Gasteiger partial charge < -0.3 is 15.7 Å². The molecule has 0 heterocycles. The molecule has 168 valence electrons. The highest BCUT2D eigenvalue weighted by Crippen LogP contribution is 2.43. The minimum Gasteiger partial charge on any atom is -0.381 e. The highest BCUT2D eigenvalue weighted by Gasteiger charge is 2.55. The Labute approximate surface area is 196 Å². The van der Waals surface area contributed by atoms with Crippen molar-refractivity contribution in [2.45, 2.75) is 31.2 Å². The molecule has 1 aliphatic rings. The number of carbonyl (C=O) groups excluding carboxylic acids is 1. The summed E-state index contributed by atoms with van der Waals surface area (Å²) in [7, 11) is 0. The third kappa shape index (κ3) is 5.52. The molecule has 0 aliphatic heterocycles. The molecule has 1 amide bonds. The summed E-state index contributed by atoms with van der Waals surface area (Å²) in [5.41, 5.74) is -2.99. The van der Waals surface area contributed by atoms with Crippen LogP contribution >= 0.6 is 46.4 Å². The number of rotatable bonds is 7. The Morgan fingerprint density at radius 3 is 2.16 bits per heavy atom. The maximum absolute atomic E-state index is 13.8. The van der Waals surface area contributed by atoms with Crippen molar-refractivity contribution in [3.63, 3.8) is 0 Å². The molecule has 1 aliphatic carbocycles. The number of hydrogen-bond acceptors (Lipinski definition) is 3. The quantitative estimate of drug-likeness (QED) is 0.385. The van der Waals surface area contributed by atoms with E-state index < -0.39 is 23.9 Å². The first-order valence-corrected chi connectivity index (χ1v) is 10.7. The van der Waals surface area contributed by atoms with Crippen molar-refractivity contribution < 1.29 is 23.1 Å². The van der Waals surface area contributed by atoms with E-state index in [1.807, 2.05) is 0 Å². The lowest BCUT2D eigenvalue weighted by atomic mass is 9.92. The maximum atomic E-state index is 13.8. The van der Waals surface area contributed by atoms with Gasteiger partial charge in [0.1, 0.15) is 0 Å². The Morgan fingerprint density at radius 2 is 1.65 bits per heavy atom. The van der Waals surface area contributed by atoms with Crippen molar-refractivity contribution in [1.29, 1.82) is 0 Å². The highest BCUT2D eigenvalue weighted by atomic mass is 35.5. The summed E-state index contributed by atoms with van der Waals surface area (Å²) in [6, 6.07) is 6.34. The van der Waals surface area contributed by atoms with E-state index in [4.69, 9.17) is 46.4 Å². The van der Waals surface area contributed by atoms with Gasteiger partial charge in [0.25, 0.3) is 0 Å². The molecule has 3 N–H and O–H groups in total. The van der Waals surface area contributed by atoms with Crippen LogP contribution in [0.1, 0.15) is 24.0 Å². The molecule has 11 heteroatoms. The fourth-order valence-corrected chi connectivity index (χ4v) is 3.71. The average Bonchev–Trinajstić information content (AvgIpc) is 3.53. The van der Waals surface area contributed by atoms with Crippen LogP contribution in [0, 0.1) is 5.92 Å². The van der Waals surface area contributed by atoms with Gasteiger partial charge in [-0.3, -0.25) is 4.79 Å². The number of benzene rings is 2. The van der Waals surface area contributed by atoms with Gasteiger partial charge in [-0.25, -0.2) is 0 Å². The van der Waals surface area contributed by atoms with E-state index in [-0.39, 0.29) is 44.1 Å². The van der Waals surface area contributed by atoms with E-state index in [2.05, 4.69) is 10.6 Å². The number of halogens is 7. The van der Waals surface area contributed by atoms with Crippen molar-refractivity contribution >= 4 is 58.0 Å². The second kappa shape index (κ2) is 9.24. The molecule has 1 atom stereocenters. The van der Waals surface area contributed by atoms with Gasteiger partial charge in [-0.05, 0) is 48.2 Å². The topological polar surface area (TPSA) is 61.4 Å². The predicted octanol–water partition coefficient (Wildman–Crippen LogP) is 6.19. The molecule has 0 bridgehead atoms. The van der Waals surface area contributed by atoms with Crippen LogP contribution in [0.25, 0.3) is 0 Å². The van der Waals surface area contributed by atoms with Crippen LogP contribution in [0.2, 0.25) is 20.1 Å². The molecular weight excluding hydrogens is 499 g/mol. The number of carbonyl (C=O) groups is 1. The lowest BCUT2D eigenvalue weighted by molar-refractivity contribution is -0.260. The standard InChI is InChI=1S/C20H17Cl4F3N2O2/c21-14-7-13(4-3-11(14)8-28-18(30)10-1-2-10)29-9-19(31,20(25,26)27)12-5-15(22)17(24)16(23)6-12/h3-7,10,29,31H,1-2,8-9H2,(H,28,30)/t19-/m1/s1. The van der Waals surface area contributed by atoms with Gasteiger partial charge >= 0.3 is 6.18 Å². The summed E-state index contributed by atoms with van der Waals surface area (Å²) in [6.07, 6.45) is -3.31. The van der Waals surface area contributed by atoms with Crippen molar-refractivity contribution in [3.05, 3.63) is 61.5 Å². The monoisotopic (exact) mass is 514 g/mol. The van der Waals surface area contributed by atoms with Gasteiger partial charge in [0.2, 0.25) is 11.5 Å². The zero-order chi connectivity index (χ0) is 23.0. The third-order valence-electron chi connectivity index (χ3n) is 4.93. The van der Waals surface area contributed by atoms with Crippen LogP contribution in [0.4, 0.5) is 18.9 Å². The van der Waals surface area contributed by atoms with E-state index in [1.54, 1.807) is 6.07 Å². The fraction of sp³-hybridized carbons (Fsp3) is 0.350. The maximum Gasteiger partial charge on any atom is 0.423 e. The number of nitrogens with one attached hydrogen (secondary N) is 2. The Morgan fingerprint density at radius 1 is 1.03 bits per heavy atom. The van der Waals surface area contributed by atoms with Crippen LogP contribution < -0.4 is 10.6 Å².